The molecule has 3 nitrogen and oxygen atoms in total. The number of ketones is 1. The first-order valence-electron chi connectivity index (χ1n) is 7.54. The van der Waals surface area contributed by atoms with Crippen LogP contribution in [0.15, 0.2) is 0 Å². The summed E-state index contributed by atoms with van der Waals surface area (Å²) in [6, 6.07) is 0. The molecule has 4 heteroatoms. The van der Waals surface area contributed by atoms with Crippen LogP contribution in [0, 0.1) is 0 Å². The van der Waals surface area contributed by atoms with E-state index in [1.165, 1.54) is 12.8 Å². The predicted octanol–water partition coefficient (Wildman–Crippen LogP) is 4.01. The monoisotopic (exact) mass is 268 g/mol. The molecule has 1 heterocycles. The number of Topliss-reactive ketones (excluding diaryl/α,β-unsaturated/α-hetero) is 1. The van der Waals surface area contributed by atoms with Crippen molar-refractivity contribution >= 4 is 12.9 Å². The Morgan fingerprint density at radius 2 is 1.63 bits per heavy atom. The van der Waals surface area contributed by atoms with Gasteiger partial charge in [0.2, 0.25) is 0 Å². The molecule has 1 fully saturated rings. The van der Waals surface area contributed by atoms with E-state index < -0.39 is 0 Å². The van der Waals surface area contributed by atoms with E-state index in [2.05, 4.69) is 34.6 Å². The SMILES string of the molecule is CCCCC[C@@H](CC(C)=O)B1OC(C)(C)C(C)(C)O1. The third kappa shape index (κ3) is 4.32. The summed E-state index contributed by atoms with van der Waals surface area (Å²) in [4.78, 5) is 11.5. The van der Waals surface area contributed by atoms with E-state index in [1.807, 2.05) is 0 Å². The van der Waals surface area contributed by atoms with Crippen LogP contribution in [0.5, 0.6) is 0 Å². The molecule has 0 spiro atoms. The Kier molecular flexibility index (Phi) is 5.63. The Balaban J connectivity index is 2.68. The second-order valence-electron chi connectivity index (χ2n) is 6.79. The Morgan fingerprint density at radius 1 is 1.11 bits per heavy atom. The molecular formula is C15H29BO3. The molecule has 0 bridgehead atoms. The lowest BCUT2D eigenvalue weighted by Gasteiger charge is -2.32. The molecule has 0 aromatic rings. The summed E-state index contributed by atoms with van der Waals surface area (Å²) >= 11 is 0. The standard InChI is InChI=1S/C15H29BO3/c1-7-8-9-10-13(11-12(2)17)16-18-14(3,4)15(5,6)19-16/h13H,7-11H2,1-6H3/t13-/m0/s1. The van der Waals surface area contributed by atoms with Crippen molar-refractivity contribution in [3.8, 4) is 0 Å². The van der Waals surface area contributed by atoms with Gasteiger partial charge in [-0.25, -0.2) is 0 Å². The highest BCUT2D eigenvalue weighted by Crippen LogP contribution is 2.42. The molecule has 1 rings (SSSR count). The Labute approximate surface area is 118 Å². The molecule has 1 atom stereocenters. The van der Waals surface area contributed by atoms with Crippen molar-refractivity contribution in [2.45, 2.75) is 90.7 Å². The van der Waals surface area contributed by atoms with Crippen LogP contribution in [0.1, 0.15) is 73.6 Å². The fourth-order valence-corrected chi connectivity index (χ4v) is 2.44. The van der Waals surface area contributed by atoms with Crippen molar-refractivity contribution in [2.75, 3.05) is 0 Å². The zero-order valence-corrected chi connectivity index (χ0v) is 13.4. The van der Waals surface area contributed by atoms with E-state index in [-0.39, 0.29) is 29.9 Å². The molecule has 0 unspecified atom stereocenters. The summed E-state index contributed by atoms with van der Waals surface area (Å²) in [5.41, 5.74) is -0.616. The third-order valence-electron chi connectivity index (χ3n) is 4.38. The van der Waals surface area contributed by atoms with Crippen LogP contribution in [0.2, 0.25) is 5.82 Å². The van der Waals surface area contributed by atoms with Crippen LogP contribution in [0.4, 0.5) is 0 Å². The maximum atomic E-state index is 11.5. The van der Waals surface area contributed by atoms with Gasteiger partial charge in [-0.3, -0.25) is 0 Å². The zero-order chi connectivity index (χ0) is 14.7. The van der Waals surface area contributed by atoms with Gasteiger partial charge in [0.05, 0.1) is 11.2 Å². The van der Waals surface area contributed by atoms with Crippen molar-refractivity contribution < 1.29 is 14.1 Å². The zero-order valence-electron chi connectivity index (χ0n) is 13.4. The molecule has 0 amide bonds. The minimum Gasteiger partial charge on any atom is -0.403 e. The van der Waals surface area contributed by atoms with Gasteiger partial charge in [0.15, 0.2) is 0 Å². The maximum Gasteiger partial charge on any atom is 0.461 e. The van der Waals surface area contributed by atoms with Gasteiger partial charge in [-0.2, -0.15) is 0 Å². The summed E-state index contributed by atoms with van der Waals surface area (Å²) in [5.74, 6) is 0.404. The molecule has 0 radical (unpaired) electrons. The van der Waals surface area contributed by atoms with Crippen LogP contribution in [0.3, 0.4) is 0 Å². The Morgan fingerprint density at radius 3 is 2.05 bits per heavy atom. The number of carbonyl (C=O) groups excluding carboxylic acids is 1. The first-order chi connectivity index (χ1) is 8.69. The molecule has 110 valence electrons. The van der Waals surface area contributed by atoms with E-state index in [1.54, 1.807) is 6.92 Å². The quantitative estimate of drug-likeness (QED) is 0.517. The minimum absolute atomic E-state index is 0.185. The molecule has 19 heavy (non-hydrogen) atoms. The minimum atomic E-state index is -0.308. The molecule has 0 aliphatic carbocycles. The third-order valence-corrected chi connectivity index (χ3v) is 4.38. The van der Waals surface area contributed by atoms with Crippen molar-refractivity contribution in [2.24, 2.45) is 0 Å². The van der Waals surface area contributed by atoms with Crippen molar-refractivity contribution in [1.29, 1.82) is 0 Å². The number of hydrogen-bond donors (Lipinski definition) is 0. The lowest BCUT2D eigenvalue weighted by atomic mass is 9.67. The van der Waals surface area contributed by atoms with E-state index in [9.17, 15) is 4.79 Å². The summed E-state index contributed by atoms with van der Waals surface area (Å²) in [7, 11) is -0.245. The molecule has 1 aliphatic rings. The molecule has 0 aromatic carbocycles. The van der Waals surface area contributed by atoms with Crippen LogP contribution in [-0.2, 0) is 14.1 Å². The van der Waals surface area contributed by atoms with Crippen LogP contribution < -0.4 is 0 Å². The lowest BCUT2D eigenvalue weighted by Crippen LogP contribution is -2.41. The molecular weight excluding hydrogens is 239 g/mol. The van der Waals surface area contributed by atoms with E-state index in [0.29, 0.717) is 6.42 Å². The molecule has 1 aliphatic heterocycles. The van der Waals surface area contributed by atoms with Crippen LogP contribution >= 0.6 is 0 Å². The fraction of sp³-hybridized carbons (Fsp3) is 0.933. The van der Waals surface area contributed by atoms with Gasteiger partial charge in [0.1, 0.15) is 5.78 Å². The average molecular weight is 268 g/mol. The second-order valence-corrected chi connectivity index (χ2v) is 6.79. The molecule has 0 saturated carbocycles. The summed E-state index contributed by atoms with van der Waals surface area (Å²) in [6.07, 6.45) is 5.09. The average Bonchev–Trinajstić information content (AvgIpc) is 2.46. The van der Waals surface area contributed by atoms with Gasteiger partial charge in [-0.1, -0.05) is 32.6 Å². The van der Waals surface area contributed by atoms with Crippen molar-refractivity contribution in [3.63, 3.8) is 0 Å². The van der Waals surface area contributed by atoms with Crippen LogP contribution in [0.25, 0.3) is 0 Å². The van der Waals surface area contributed by atoms with Crippen molar-refractivity contribution in [1.82, 2.24) is 0 Å². The number of rotatable bonds is 7. The highest BCUT2D eigenvalue weighted by atomic mass is 16.7. The molecule has 0 N–H and O–H groups in total. The summed E-state index contributed by atoms with van der Waals surface area (Å²) in [5, 5.41) is 0. The number of carbonyl (C=O) groups is 1. The van der Waals surface area contributed by atoms with E-state index in [4.69, 9.17) is 9.31 Å². The van der Waals surface area contributed by atoms with E-state index >= 15 is 0 Å². The van der Waals surface area contributed by atoms with Gasteiger partial charge in [0.25, 0.3) is 0 Å². The fourth-order valence-electron chi connectivity index (χ4n) is 2.44. The summed E-state index contributed by atoms with van der Waals surface area (Å²) < 4.78 is 12.2. The number of unbranched alkanes of at least 4 members (excludes halogenated alkanes) is 2. The van der Waals surface area contributed by atoms with Gasteiger partial charge < -0.3 is 14.1 Å². The molecule has 1 saturated heterocycles. The Hall–Kier alpha value is -0.345. The number of hydrogen-bond acceptors (Lipinski definition) is 3. The van der Waals surface area contributed by atoms with Gasteiger partial charge >= 0.3 is 7.12 Å². The predicted molar refractivity (Wildman–Crippen MR) is 79.3 cm³/mol. The highest BCUT2D eigenvalue weighted by molar-refractivity contribution is 6.47. The van der Waals surface area contributed by atoms with Crippen LogP contribution in [-0.4, -0.2) is 24.1 Å². The maximum absolute atomic E-state index is 11.5. The molecule has 0 aromatic heterocycles. The Bertz CT molecular complexity index is 297. The topological polar surface area (TPSA) is 35.5 Å². The van der Waals surface area contributed by atoms with E-state index in [0.717, 1.165) is 12.8 Å². The normalized spacial score (nSPS) is 22.5. The smallest absolute Gasteiger partial charge is 0.403 e. The largest absolute Gasteiger partial charge is 0.461 e. The summed E-state index contributed by atoms with van der Waals surface area (Å²) in [6.45, 7) is 12.1. The highest BCUT2D eigenvalue weighted by Gasteiger charge is 2.53. The van der Waals surface area contributed by atoms with Crippen molar-refractivity contribution in [3.05, 3.63) is 0 Å². The van der Waals surface area contributed by atoms with Gasteiger partial charge in [0, 0.05) is 12.2 Å². The first-order valence-corrected chi connectivity index (χ1v) is 7.54. The lowest BCUT2D eigenvalue weighted by molar-refractivity contribution is -0.117. The second kappa shape index (κ2) is 6.40. The first kappa shape index (κ1) is 16.7. The van der Waals surface area contributed by atoms with Gasteiger partial charge in [-0.05, 0) is 34.6 Å². The van der Waals surface area contributed by atoms with Gasteiger partial charge in [-0.15, -0.1) is 0 Å².